The van der Waals surface area contributed by atoms with Crippen molar-refractivity contribution in [2.45, 2.75) is 33.9 Å². The summed E-state index contributed by atoms with van der Waals surface area (Å²) in [5, 5.41) is 13.1. The molecule has 2 N–H and O–H groups in total. The molecule has 3 rings (SSSR count). The van der Waals surface area contributed by atoms with Gasteiger partial charge < -0.3 is 19.9 Å². The Hall–Kier alpha value is -3.22. The van der Waals surface area contributed by atoms with E-state index < -0.39 is 17.4 Å². The molecule has 1 aliphatic rings. The van der Waals surface area contributed by atoms with Crippen molar-refractivity contribution in [3.05, 3.63) is 53.6 Å². The lowest BCUT2D eigenvalue weighted by molar-refractivity contribution is -0.156. The Morgan fingerprint density at radius 3 is 2.61 bits per heavy atom. The highest BCUT2D eigenvalue weighted by molar-refractivity contribution is 5.93. The molecule has 2 aromatic carbocycles. The summed E-state index contributed by atoms with van der Waals surface area (Å²) in [6, 6.07) is 12.4. The van der Waals surface area contributed by atoms with Gasteiger partial charge in [-0.25, -0.2) is 4.79 Å². The molecule has 0 aromatic heterocycles. The number of ether oxygens (including phenoxy) is 2. The maximum absolute atomic E-state index is 12.3. The van der Waals surface area contributed by atoms with Crippen LogP contribution in [0.1, 0.15) is 31.9 Å². The van der Waals surface area contributed by atoms with E-state index in [1.54, 1.807) is 26.8 Å². The fourth-order valence-electron chi connectivity index (χ4n) is 2.65. The summed E-state index contributed by atoms with van der Waals surface area (Å²) < 4.78 is 10.9. The Balaban J connectivity index is 1.68. The van der Waals surface area contributed by atoms with Crippen molar-refractivity contribution in [3.63, 3.8) is 0 Å². The zero-order valence-electron chi connectivity index (χ0n) is 16.2. The zero-order valence-corrected chi connectivity index (χ0v) is 16.2. The number of carbonyl (C=O) groups is 2. The van der Waals surface area contributed by atoms with Gasteiger partial charge in [-0.15, -0.1) is 0 Å². The molecule has 0 spiro atoms. The molecule has 1 heterocycles. The smallest absolute Gasteiger partial charge is 0.324 e. The van der Waals surface area contributed by atoms with E-state index in [2.05, 4.69) is 5.32 Å². The minimum atomic E-state index is -0.655. The van der Waals surface area contributed by atoms with Crippen LogP contribution in [0.3, 0.4) is 0 Å². The molecule has 0 fully saturated rings. The van der Waals surface area contributed by atoms with Crippen molar-refractivity contribution in [3.8, 4) is 11.5 Å². The number of hydrogen-bond donors (Lipinski definition) is 2. The van der Waals surface area contributed by atoms with Crippen molar-refractivity contribution < 1.29 is 24.2 Å². The maximum atomic E-state index is 12.3. The molecule has 28 heavy (non-hydrogen) atoms. The molecule has 0 unspecified atom stereocenters. The lowest BCUT2D eigenvalue weighted by Crippen LogP contribution is -2.41. The lowest BCUT2D eigenvalue weighted by Gasteiger charge is -2.30. The van der Waals surface area contributed by atoms with E-state index in [0.29, 0.717) is 23.6 Å². The van der Waals surface area contributed by atoms with Crippen LogP contribution < -0.4 is 10.1 Å². The second-order valence-corrected chi connectivity index (χ2v) is 7.68. The van der Waals surface area contributed by atoms with Crippen molar-refractivity contribution in [2.75, 3.05) is 12.0 Å². The summed E-state index contributed by atoms with van der Waals surface area (Å²) >= 11 is 0. The Bertz CT molecular complexity index is 874. The quantitative estimate of drug-likeness (QED) is 0.764. The third-order valence-corrected chi connectivity index (χ3v) is 4.29. The van der Waals surface area contributed by atoms with E-state index in [-0.39, 0.29) is 19.0 Å². The van der Waals surface area contributed by atoms with E-state index in [9.17, 15) is 14.7 Å². The van der Waals surface area contributed by atoms with Crippen LogP contribution in [0.5, 0.6) is 11.5 Å². The highest BCUT2D eigenvalue weighted by atomic mass is 16.5. The largest absolute Gasteiger partial charge is 0.507 e. The van der Waals surface area contributed by atoms with E-state index in [1.807, 2.05) is 30.3 Å². The normalized spacial score (nSPS) is 13.5. The fourth-order valence-corrected chi connectivity index (χ4v) is 2.65. The van der Waals surface area contributed by atoms with Gasteiger partial charge in [-0.1, -0.05) is 30.3 Å². The van der Waals surface area contributed by atoms with Crippen LogP contribution >= 0.6 is 0 Å². The monoisotopic (exact) mass is 384 g/mol. The zero-order chi connectivity index (χ0) is 20.3. The first-order valence-electron chi connectivity index (χ1n) is 9.00. The van der Waals surface area contributed by atoms with Gasteiger partial charge in [0.2, 0.25) is 0 Å². The first-order valence-corrected chi connectivity index (χ1v) is 9.00. The van der Waals surface area contributed by atoms with Crippen molar-refractivity contribution in [1.82, 2.24) is 4.90 Å². The Morgan fingerprint density at radius 1 is 1.21 bits per heavy atom. The average molecular weight is 384 g/mol. The van der Waals surface area contributed by atoms with E-state index in [1.165, 1.54) is 11.0 Å². The second-order valence-electron chi connectivity index (χ2n) is 7.68. The summed E-state index contributed by atoms with van der Waals surface area (Å²) in [7, 11) is 0. The van der Waals surface area contributed by atoms with Crippen LogP contribution in [-0.4, -0.2) is 28.7 Å². The molecule has 0 bridgehead atoms. The molecule has 148 valence electrons. The average Bonchev–Trinajstić information content (AvgIpc) is 2.64. The van der Waals surface area contributed by atoms with Crippen molar-refractivity contribution in [2.24, 2.45) is 5.41 Å². The molecule has 0 saturated carbocycles. The summed E-state index contributed by atoms with van der Waals surface area (Å²) in [4.78, 5) is 25.6. The fraction of sp³-hybridized carbons (Fsp3) is 0.333. The summed E-state index contributed by atoms with van der Waals surface area (Å²) in [6.07, 6.45) is 0. The van der Waals surface area contributed by atoms with Gasteiger partial charge in [0.05, 0.1) is 17.6 Å². The topological polar surface area (TPSA) is 88.1 Å². The molecule has 7 nitrogen and oxygen atoms in total. The molecule has 1 aliphatic heterocycles. The number of anilines is 1. The van der Waals surface area contributed by atoms with Crippen LogP contribution in [0.4, 0.5) is 10.5 Å². The van der Waals surface area contributed by atoms with Gasteiger partial charge >= 0.3 is 12.0 Å². The standard InChI is InChI=1S/C21H24N2O5/c1-21(2,3)19(25)28-13-23-11-16-17(22-20(23)26)9-15(10-18(16)24)27-12-14-7-5-4-6-8-14/h4-10,24H,11-13H2,1-3H3,(H,22,26). The third-order valence-electron chi connectivity index (χ3n) is 4.29. The van der Waals surface area contributed by atoms with Crippen LogP contribution in [0, 0.1) is 5.41 Å². The van der Waals surface area contributed by atoms with E-state index >= 15 is 0 Å². The SMILES string of the molecule is CC(C)(C)C(=O)OCN1Cc2c(O)cc(OCc3ccccc3)cc2NC1=O. The number of phenolic OH excluding ortho intramolecular Hbond substituents is 1. The Kier molecular flexibility index (Phi) is 5.44. The molecular formula is C21H24N2O5. The number of fused-ring (bicyclic) bond motifs is 1. The van der Waals surface area contributed by atoms with E-state index in [0.717, 1.165) is 5.56 Å². The highest BCUT2D eigenvalue weighted by Gasteiger charge is 2.29. The number of hydrogen-bond acceptors (Lipinski definition) is 5. The molecule has 0 aliphatic carbocycles. The molecule has 0 atom stereocenters. The number of esters is 1. The van der Waals surface area contributed by atoms with Gasteiger partial charge in [0.1, 0.15) is 18.1 Å². The van der Waals surface area contributed by atoms with Crippen LogP contribution in [0.15, 0.2) is 42.5 Å². The van der Waals surface area contributed by atoms with Gasteiger partial charge in [-0.2, -0.15) is 0 Å². The molecular weight excluding hydrogens is 360 g/mol. The lowest BCUT2D eigenvalue weighted by atomic mass is 9.97. The molecule has 2 aromatic rings. The number of amides is 2. The number of nitrogens with one attached hydrogen (secondary N) is 1. The Labute approximate surface area is 163 Å². The second kappa shape index (κ2) is 7.80. The molecule has 0 saturated heterocycles. The molecule has 2 amide bonds. The van der Waals surface area contributed by atoms with Crippen LogP contribution in [0.2, 0.25) is 0 Å². The summed E-state index contributed by atoms with van der Waals surface area (Å²) in [5.74, 6) is 0.0562. The first-order chi connectivity index (χ1) is 13.2. The van der Waals surface area contributed by atoms with E-state index in [4.69, 9.17) is 9.47 Å². The molecule has 7 heteroatoms. The minimum Gasteiger partial charge on any atom is -0.507 e. The van der Waals surface area contributed by atoms with Gasteiger partial charge in [0.25, 0.3) is 0 Å². The number of carbonyl (C=O) groups excluding carboxylic acids is 2. The van der Waals surface area contributed by atoms with Crippen molar-refractivity contribution in [1.29, 1.82) is 0 Å². The Morgan fingerprint density at radius 2 is 1.93 bits per heavy atom. The van der Waals surface area contributed by atoms with Gasteiger partial charge in [0, 0.05) is 17.7 Å². The highest BCUT2D eigenvalue weighted by Crippen LogP contribution is 2.35. The summed E-state index contributed by atoms with van der Waals surface area (Å²) in [5.41, 5.74) is 1.36. The summed E-state index contributed by atoms with van der Waals surface area (Å²) in [6.45, 7) is 5.51. The van der Waals surface area contributed by atoms with Crippen molar-refractivity contribution >= 4 is 17.7 Å². The first kappa shape index (κ1) is 19.5. The number of rotatable bonds is 5. The molecule has 0 radical (unpaired) electrons. The van der Waals surface area contributed by atoms with Gasteiger partial charge in [-0.05, 0) is 26.3 Å². The predicted molar refractivity (Wildman–Crippen MR) is 104 cm³/mol. The predicted octanol–water partition coefficient (Wildman–Crippen LogP) is 3.87. The maximum Gasteiger partial charge on any atom is 0.324 e. The van der Waals surface area contributed by atoms with Gasteiger partial charge in [-0.3, -0.25) is 9.69 Å². The number of benzene rings is 2. The minimum absolute atomic E-state index is 0.00714. The van der Waals surface area contributed by atoms with Gasteiger partial charge in [0.15, 0.2) is 6.73 Å². The third kappa shape index (κ3) is 4.54. The number of phenols is 1. The number of nitrogens with zero attached hydrogens (tertiary/aromatic N) is 1. The van der Waals surface area contributed by atoms with Crippen LogP contribution in [0.25, 0.3) is 0 Å². The number of urea groups is 1. The number of aromatic hydroxyl groups is 1. The van der Waals surface area contributed by atoms with Crippen LogP contribution in [-0.2, 0) is 22.7 Å².